The lowest BCUT2D eigenvalue weighted by atomic mass is 9.42. The summed E-state index contributed by atoms with van der Waals surface area (Å²) in [4.78, 5) is 13.2. The molecule has 2 N–H and O–H groups in total. The van der Waals surface area contributed by atoms with E-state index in [-0.39, 0.29) is 16.7 Å². The summed E-state index contributed by atoms with van der Waals surface area (Å²) in [6.07, 6.45) is 11.5. The highest BCUT2D eigenvalue weighted by Gasteiger charge is 2.64. The van der Waals surface area contributed by atoms with Crippen molar-refractivity contribution in [2.75, 3.05) is 0 Å². The quantitative estimate of drug-likeness (QED) is 0.833. The average Bonchev–Trinajstić information content (AvgIpc) is 2.98. The third kappa shape index (κ3) is 2.90. The highest BCUT2D eigenvalue weighted by Crippen LogP contribution is 2.67. The monoisotopic (exact) mass is 345 g/mol. The lowest BCUT2D eigenvalue weighted by Gasteiger charge is -2.64. The van der Waals surface area contributed by atoms with E-state index >= 15 is 0 Å². The van der Waals surface area contributed by atoms with E-state index in [2.05, 4.69) is 24.3 Å². The van der Waals surface area contributed by atoms with Crippen LogP contribution in [0.3, 0.4) is 0 Å². The molecule has 0 radical (unpaired) electrons. The fourth-order valence-corrected chi connectivity index (χ4v) is 6.45. The summed E-state index contributed by atoms with van der Waals surface area (Å²) in [5, 5.41) is 18.6. The molecule has 0 aliphatic heterocycles. The van der Waals surface area contributed by atoms with Crippen molar-refractivity contribution in [3.63, 3.8) is 0 Å². The lowest BCUT2D eigenvalue weighted by Crippen LogP contribution is -2.63. The second kappa shape index (κ2) is 5.83. The number of carbonyl (C=O) groups excluding carboxylic acids is 1. The molecule has 4 unspecified atom stereocenters. The van der Waals surface area contributed by atoms with Crippen molar-refractivity contribution < 1.29 is 9.90 Å². The average molecular weight is 345 g/mol. The Morgan fingerprint density at radius 1 is 1.32 bits per heavy atom. The van der Waals surface area contributed by atoms with Crippen molar-refractivity contribution in [3.05, 3.63) is 18.0 Å². The summed E-state index contributed by atoms with van der Waals surface area (Å²) in [7, 11) is 0. The SMILES string of the molecule is CCCn1cc(CNC(=O)C23CC4CC(O)(CC(CC)(C4)C2)C3)cn1. The summed E-state index contributed by atoms with van der Waals surface area (Å²) >= 11 is 0. The molecule has 0 saturated heterocycles. The van der Waals surface area contributed by atoms with E-state index < -0.39 is 5.60 Å². The van der Waals surface area contributed by atoms with Crippen molar-refractivity contribution in [2.24, 2.45) is 16.7 Å². The Kier molecular flexibility index (Phi) is 3.98. The largest absolute Gasteiger partial charge is 0.390 e. The van der Waals surface area contributed by atoms with Gasteiger partial charge in [0.15, 0.2) is 0 Å². The van der Waals surface area contributed by atoms with E-state index in [4.69, 9.17) is 0 Å². The van der Waals surface area contributed by atoms with Crippen LogP contribution < -0.4 is 5.32 Å². The van der Waals surface area contributed by atoms with E-state index in [0.29, 0.717) is 18.9 Å². The number of aromatic nitrogens is 2. The van der Waals surface area contributed by atoms with Gasteiger partial charge >= 0.3 is 0 Å². The van der Waals surface area contributed by atoms with Crippen LogP contribution in [0.25, 0.3) is 0 Å². The van der Waals surface area contributed by atoms with Crippen molar-refractivity contribution in [2.45, 2.75) is 83.9 Å². The van der Waals surface area contributed by atoms with Gasteiger partial charge in [0.05, 0.1) is 17.2 Å². The maximum Gasteiger partial charge on any atom is 0.226 e. The minimum absolute atomic E-state index is 0.149. The van der Waals surface area contributed by atoms with Gasteiger partial charge in [0, 0.05) is 24.8 Å². The van der Waals surface area contributed by atoms with E-state index in [0.717, 1.165) is 50.6 Å². The van der Waals surface area contributed by atoms with Gasteiger partial charge in [-0.2, -0.15) is 5.10 Å². The first-order valence-electron chi connectivity index (χ1n) is 9.92. The number of hydrogen-bond donors (Lipinski definition) is 2. The van der Waals surface area contributed by atoms with E-state index in [1.165, 1.54) is 6.42 Å². The van der Waals surface area contributed by atoms with Crippen molar-refractivity contribution in [3.8, 4) is 0 Å². The van der Waals surface area contributed by atoms with Crippen LogP contribution in [0, 0.1) is 16.7 Å². The van der Waals surface area contributed by atoms with Crippen LogP contribution in [0.2, 0.25) is 0 Å². The smallest absolute Gasteiger partial charge is 0.226 e. The molecular formula is C20H31N3O2. The van der Waals surface area contributed by atoms with Gasteiger partial charge in [-0.25, -0.2) is 0 Å². The van der Waals surface area contributed by atoms with Gasteiger partial charge in [-0.1, -0.05) is 20.3 Å². The molecule has 4 saturated carbocycles. The number of nitrogens with one attached hydrogen (secondary N) is 1. The maximum absolute atomic E-state index is 13.2. The Bertz CT molecular complexity index is 672. The van der Waals surface area contributed by atoms with E-state index in [1.807, 2.05) is 17.1 Å². The third-order valence-corrected chi connectivity index (χ3v) is 6.98. The van der Waals surface area contributed by atoms with Crippen molar-refractivity contribution in [1.82, 2.24) is 15.1 Å². The first-order chi connectivity index (χ1) is 11.9. The summed E-state index contributed by atoms with van der Waals surface area (Å²) in [6.45, 7) is 5.80. The first kappa shape index (κ1) is 17.1. The summed E-state index contributed by atoms with van der Waals surface area (Å²) < 4.78 is 1.93. The minimum Gasteiger partial charge on any atom is -0.390 e. The number of carbonyl (C=O) groups is 1. The maximum atomic E-state index is 13.2. The Hall–Kier alpha value is -1.36. The van der Waals surface area contributed by atoms with Gasteiger partial charge < -0.3 is 10.4 Å². The Morgan fingerprint density at radius 3 is 2.88 bits per heavy atom. The number of aliphatic hydroxyl groups is 1. The number of hydrogen-bond acceptors (Lipinski definition) is 3. The fourth-order valence-electron chi connectivity index (χ4n) is 6.45. The molecule has 1 aromatic rings. The number of rotatable bonds is 6. The standard InChI is InChI=1S/C20H31N3O2/c1-3-5-23-11-16(10-22-23)9-21-17(24)19-7-15-6-18(4-2,12-19)13-20(25,8-15)14-19/h10-11,15,25H,3-9,12-14H2,1-2H3,(H,21,24). The second-order valence-corrected chi connectivity index (χ2v) is 9.16. The predicted molar refractivity (Wildman–Crippen MR) is 95.7 cm³/mol. The van der Waals surface area contributed by atoms with Crippen LogP contribution in [-0.2, 0) is 17.9 Å². The highest BCUT2D eigenvalue weighted by molar-refractivity contribution is 5.83. The molecule has 4 fully saturated rings. The summed E-state index contributed by atoms with van der Waals surface area (Å²) in [6, 6.07) is 0. The van der Waals surface area contributed by atoms with Gasteiger partial charge in [0.1, 0.15) is 0 Å². The third-order valence-electron chi connectivity index (χ3n) is 6.98. The van der Waals surface area contributed by atoms with Crippen LogP contribution in [-0.4, -0.2) is 26.4 Å². The second-order valence-electron chi connectivity index (χ2n) is 9.16. The van der Waals surface area contributed by atoms with Crippen molar-refractivity contribution >= 4 is 5.91 Å². The van der Waals surface area contributed by atoms with Crippen LogP contribution in [0.4, 0.5) is 0 Å². The summed E-state index contributed by atoms with van der Waals surface area (Å²) in [5.41, 5.74) is 0.260. The topological polar surface area (TPSA) is 67.2 Å². The van der Waals surface area contributed by atoms with E-state index in [1.54, 1.807) is 0 Å². The van der Waals surface area contributed by atoms with Gasteiger partial charge in [-0.05, 0) is 56.3 Å². The molecular weight excluding hydrogens is 314 g/mol. The molecule has 25 heavy (non-hydrogen) atoms. The molecule has 0 aromatic carbocycles. The first-order valence-corrected chi connectivity index (χ1v) is 9.92. The van der Waals surface area contributed by atoms with Gasteiger partial charge in [-0.15, -0.1) is 0 Å². The molecule has 138 valence electrons. The lowest BCUT2D eigenvalue weighted by molar-refractivity contribution is -0.204. The minimum atomic E-state index is -0.612. The zero-order valence-corrected chi connectivity index (χ0v) is 15.6. The van der Waals surface area contributed by atoms with Crippen LogP contribution in [0.5, 0.6) is 0 Å². The van der Waals surface area contributed by atoms with Crippen LogP contribution >= 0.6 is 0 Å². The molecule has 4 aliphatic carbocycles. The number of amides is 1. The molecule has 4 bridgehead atoms. The molecule has 1 heterocycles. The number of nitrogens with zero attached hydrogens (tertiary/aromatic N) is 2. The molecule has 1 amide bonds. The van der Waals surface area contributed by atoms with Crippen LogP contribution in [0.15, 0.2) is 12.4 Å². The molecule has 4 aliphatic rings. The molecule has 4 atom stereocenters. The molecule has 0 spiro atoms. The van der Waals surface area contributed by atoms with Gasteiger partial charge in [-0.3, -0.25) is 9.48 Å². The fraction of sp³-hybridized carbons (Fsp3) is 0.800. The molecule has 1 aromatic heterocycles. The zero-order chi connectivity index (χ0) is 17.7. The predicted octanol–water partition coefficient (Wildman–Crippen LogP) is 3.02. The Morgan fingerprint density at radius 2 is 2.16 bits per heavy atom. The molecule has 5 nitrogen and oxygen atoms in total. The Labute approximate surface area is 150 Å². The van der Waals surface area contributed by atoms with Gasteiger partial charge in [0.2, 0.25) is 5.91 Å². The van der Waals surface area contributed by atoms with Gasteiger partial charge in [0.25, 0.3) is 0 Å². The number of aryl methyl sites for hydroxylation is 1. The molecule has 5 rings (SSSR count). The van der Waals surface area contributed by atoms with Crippen LogP contribution in [0.1, 0.15) is 70.8 Å². The highest BCUT2D eigenvalue weighted by atomic mass is 16.3. The van der Waals surface area contributed by atoms with Crippen molar-refractivity contribution in [1.29, 1.82) is 0 Å². The zero-order valence-electron chi connectivity index (χ0n) is 15.6. The molecule has 5 heteroatoms. The Balaban J connectivity index is 1.47. The summed E-state index contributed by atoms with van der Waals surface area (Å²) in [5.74, 6) is 0.662. The van der Waals surface area contributed by atoms with E-state index in [9.17, 15) is 9.90 Å². The normalized spacial score (nSPS) is 38.9.